The molecule has 34 heavy (non-hydrogen) atoms. The van der Waals surface area contributed by atoms with Crippen LogP contribution in [0.15, 0.2) is 94.9 Å². The molecule has 1 atom stereocenters. The minimum absolute atomic E-state index is 0.247. The number of nitrogens with zero attached hydrogens (tertiary/aromatic N) is 1. The summed E-state index contributed by atoms with van der Waals surface area (Å²) >= 11 is 0. The Morgan fingerprint density at radius 2 is 1.68 bits per heavy atom. The van der Waals surface area contributed by atoms with Crippen LogP contribution >= 0.6 is 0 Å². The first kappa shape index (κ1) is 21.9. The molecule has 0 amide bonds. The van der Waals surface area contributed by atoms with Crippen molar-refractivity contribution in [1.29, 1.82) is 0 Å². The van der Waals surface area contributed by atoms with Crippen molar-refractivity contribution in [2.45, 2.75) is 38.5 Å². The molecule has 1 aliphatic rings. The van der Waals surface area contributed by atoms with Crippen LogP contribution in [0, 0.1) is 0 Å². The first-order valence-corrected chi connectivity index (χ1v) is 11.8. The van der Waals surface area contributed by atoms with Crippen LogP contribution < -0.4 is 4.74 Å². The van der Waals surface area contributed by atoms with Gasteiger partial charge in [-0.2, -0.15) is 0 Å². The fourth-order valence-corrected chi connectivity index (χ4v) is 4.69. The van der Waals surface area contributed by atoms with Gasteiger partial charge in [0.2, 0.25) is 5.89 Å². The fourth-order valence-electron chi connectivity index (χ4n) is 4.69. The molecule has 1 aromatic heterocycles. The largest absolute Gasteiger partial charge is 0.436 e. The molecule has 4 aromatic rings. The standard InChI is InChI=1S/C30H27NO3/c1-21(32)33-26-17-10-16-24(19-26)27-18-9-8-15-25(27)20-28-31-29(22-11-4-2-5-12-22)30(34-28)23-13-6-3-7-14-23/h2-7,10-14,16-17,19-20,27H,8-9,15,18H2,1H3. The van der Waals surface area contributed by atoms with Crippen molar-refractivity contribution in [1.82, 2.24) is 4.98 Å². The number of rotatable bonds is 5. The van der Waals surface area contributed by atoms with Crippen molar-refractivity contribution in [3.63, 3.8) is 0 Å². The molecule has 0 saturated heterocycles. The van der Waals surface area contributed by atoms with Gasteiger partial charge in [-0.15, -0.1) is 0 Å². The van der Waals surface area contributed by atoms with Gasteiger partial charge < -0.3 is 9.15 Å². The lowest BCUT2D eigenvalue weighted by molar-refractivity contribution is -0.131. The smallest absolute Gasteiger partial charge is 0.308 e. The van der Waals surface area contributed by atoms with Crippen LogP contribution in [0.25, 0.3) is 28.7 Å². The van der Waals surface area contributed by atoms with Gasteiger partial charge in [0.25, 0.3) is 0 Å². The molecule has 0 N–H and O–H groups in total. The zero-order chi connectivity index (χ0) is 23.3. The Labute approximate surface area is 199 Å². The minimum atomic E-state index is -0.307. The molecule has 0 radical (unpaired) electrons. The summed E-state index contributed by atoms with van der Waals surface area (Å²) < 4.78 is 11.7. The van der Waals surface area contributed by atoms with E-state index < -0.39 is 0 Å². The molecule has 170 valence electrons. The first-order chi connectivity index (χ1) is 16.7. The number of oxazole rings is 1. The zero-order valence-electron chi connectivity index (χ0n) is 19.2. The van der Waals surface area contributed by atoms with E-state index in [4.69, 9.17) is 14.1 Å². The summed E-state index contributed by atoms with van der Waals surface area (Å²) in [4.78, 5) is 16.3. The lowest BCUT2D eigenvalue weighted by Gasteiger charge is -2.26. The number of esters is 1. The molecule has 5 rings (SSSR count). The van der Waals surface area contributed by atoms with Gasteiger partial charge in [-0.05, 0) is 37.0 Å². The van der Waals surface area contributed by atoms with E-state index in [2.05, 4.69) is 24.3 Å². The van der Waals surface area contributed by atoms with E-state index in [1.54, 1.807) is 0 Å². The van der Waals surface area contributed by atoms with Crippen LogP contribution in [0.3, 0.4) is 0 Å². The molecular formula is C30H27NO3. The summed E-state index contributed by atoms with van der Waals surface area (Å²) in [7, 11) is 0. The van der Waals surface area contributed by atoms with Crippen molar-refractivity contribution < 1.29 is 13.9 Å². The summed E-state index contributed by atoms with van der Waals surface area (Å²) in [5.74, 6) is 1.93. The molecule has 1 unspecified atom stereocenters. The summed E-state index contributed by atoms with van der Waals surface area (Å²) in [6, 6.07) is 28.1. The molecule has 0 spiro atoms. The van der Waals surface area contributed by atoms with E-state index in [1.807, 2.05) is 66.7 Å². The van der Waals surface area contributed by atoms with Crippen LogP contribution in [0.5, 0.6) is 5.75 Å². The minimum Gasteiger partial charge on any atom is -0.436 e. The number of hydrogen-bond acceptors (Lipinski definition) is 4. The van der Waals surface area contributed by atoms with E-state index in [0.717, 1.165) is 53.8 Å². The quantitative estimate of drug-likeness (QED) is 0.232. The molecule has 1 aliphatic carbocycles. The van der Waals surface area contributed by atoms with Gasteiger partial charge in [0.1, 0.15) is 11.4 Å². The lowest BCUT2D eigenvalue weighted by Crippen LogP contribution is -2.09. The van der Waals surface area contributed by atoms with Crippen LogP contribution in [0.1, 0.15) is 50.0 Å². The summed E-state index contributed by atoms with van der Waals surface area (Å²) in [6.45, 7) is 1.43. The highest BCUT2D eigenvalue weighted by Gasteiger charge is 2.23. The van der Waals surface area contributed by atoms with Crippen LogP contribution in [0.4, 0.5) is 0 Å². The number of aromatic nitrogens is 1. The van der Waals surface area contributed by atoms with Gasteiger partial charge in [-0.25, -0.2) is 4.98 Å². The second-order valence-electron chi connectivity index (χ2n) is 8.65. The number of benzene rings is 3. The van der Waals surface area contributed by atoms with Crippen molar-refractivity contribution in [2.75, 3.05) is 0 Å². The second-order valence-corrected chi connectivity index (χ2v) is 8.65. The first-order valence-electron chi connectivity index (χ1n) is 11.8. The van der Waals surface area contributed by atoms with Gasteiger partial charge >= 0.3 is 5.97 Å². The molecule has 1 fully saturated rings. The third kappa shape index (κ3) is 4.86. The van der Waals surface area contributed by atoms with E-state index in [-0.39, 0.29) is 11.9 Å². The van der Waals surface area contributed by atoms with Crippen molar-refractivity contribution in [3.8, 4) is 28.3 Å². The number of carbonyl (C=O) groups is 1. The Morgan fingerprint density at radius 3 is 2.41 bits per heavy atom. The maximum atomic E-state index is 11.4. The third-order valence-corrected chi connectivity index (χ3v) is 6.21. The Hall–Kier alpha value is -3.92. The van der Waals surface area contributed by atoms with Gasteiger partial charge in [0.15, 0.2) is 5.76 Å². The molecule has 0 bridgehead atoms. The number of carbonyl (C=O) groups excluding carboxylic acids is 1. The van der Waals surface area contributed by atoms with E-state index >= 15 is 0 Å². The highest BCUT2D eigenvalue weighted by Crippen LogP contribution is 2.40. The van der Waals surface area contributed by atoms with E-state index in [0.29, 0.717) is 11.6 Å². The Morgan fingerprint density at radius 1 is 0.941 bits per heavy atom. The lowest BCUT2D eigenvalue weighted by atomic mass is 9.79. The maximum Gasteiger partial charge on any atom is 0.308 e. The summed E-state index contributed by atoms with van der Waals surface area (Å²) in [5.41, 5.74) is 5.34. The highest BCUT2D eigenvalue weighted by atomic mass is 16.5. The molecular weight excluding hydrogens is 422 g/mol. The molecule has 3 aromatic carbocycles. The highest BCUT2D eigenvalue weighted by molar-refractivity contribution is 5.77. The topological polar surface area (TPSA) is 52.3 Å². The van der Waals surface area contributed by atoms with Crippen LogP contribution in [-0.2, 0) is 4.79 Å². The number of hydrogen-bond donors (Lipinski definition) is 0. The molecule has 4 nitrogen and oxygen atoms in total. The molecule has 4 heteroatoms. The fraction of sp³-hybridized carbons (Fsp3) is 0.200. The predicted molar refractivity (Wildman–Crippen MR) is 134 cm³/mol. The van der Waals surface area contributed by atoms with Gasteiger partial charge in [-0.3, -0.25) is 4.79 Å². The van der Waals surface area contributed by atoms with Crippen LogP contribution in [0.2, 0.25) is 0 Å². The average Bonchev–Trinajstić information content (AvgIpc) is 3.29. The van der Waals surface area contributed by atoms with Crippen LogP contribution in [-0.4, -0.2) is 11.0 Å². The van der Waals surface area contributed by atoms with Crippen molar-refractivity contribution in [3.05, 3.63) is 102 Å². The van der Waals surface area contributed by atoms with Crippen molar-refractivity contribution >= 4 is 12.0 Å². The van der Waals surface area contributed by atoms with Gasteiger partial charge in [0.05, 0.1) is 0 Å². The van der Waals surface area contributed by atoms with Crippen molar-refractivity contribution in [2.24, 2.45) is 0 Å². The SMILES string of the molecule is CC(=O)Oc1cccc(C2CCCCC2=Cc2nc(-c3ccccc3)c(-c3ccccc3)o2)c1. The number of allylic oxidation sites excluding steroid dienone is 1. The average molecular weight is 450 g/mol. The molecule has 1 heterocycles. The molecule has 0 aliphatic heterocycles. The second kappa shape index (κ2) is 9.92. The third-order valence-electron chi connectivity index (χ3n) is 6.21. The number of ether oxygens (including phenoxy) is 1. The van der Waals surface area contributed by atoms with E-state index in [9.17, 15) is 4.79 Å². The van der Waals surface area contributed by atoms with E-state index in [1.165, 1.54) is 12.5 Å². The van der Waals surface area contributed by atoms with Gasteiger partial charge in [-0.1, -0.05) is 84.8 Å². The predicted octanol–water partition coefficient (Wildman–Crippen LogP) is 7.68. The Bertz CT molecular complexity index is 1250. The van der Waals surface area contributed by atoms with Gasteiger partial charge in [0, 0.05) is 30.0 Å². The Balaban J connectivity index is 1.54. The Kier molecular flexibility index (Phi) is 6.39. The summed E-state index contributed by atoms with van der Waals surface area (Å²) in [6.07, 6.45) is 6.46. The molecule has 1 saturated carbocycles. The monoisotopic (exact) mass is 449 g/mol. The maximum absolute atomic E-state index is 11.4. The summed E-state index contributed by atoms with van der Waals surface area (Å²) in [5, 5.41) is 0. The zero-order valence-corrected chi connectivity index (χ0v) is 19.2. The normalized spacial score (nSPS) is 17.0.